The third kappa shape index (κ3) is 6.82. The van der Waals surface area contributed by atoms with E-state index < -0.39 is 17.4 Å². The Balaban J connectivity index is 2.04. The maximum atomic E-state index is 14.0. The Labute approximate surface area is 211 Å². The van der Waals surface area contributed by atoms with E-state index >= 15 is 0 Å². The number of carbonyl (C=O) groups is 2. The van der Waals surface area contributed by atoms with E-state index in [1.54, 1.807) is 19.1 Å². The predicted molar refractivity (Wildman–Crippen MR) is 139 cm³/mol. The zero-order valence-electron chi connectivity index (χ0n) is 21.1. The van der Waals surface area contributed by atoms with Crippen molar-refractivity contribution in [3.05, 3.63) is 48.0 Å². The maximum Gasteiger partial charge on any atom is 0.407 e. The van der Waals surface area contributed by atoms with E-state index in [4.69, 9.17) is 14.2 Å². The quantitative estimate of drug-likeness (QED) is 0.485. The largest absolute Gasteiger partial charge is 0.497 e. The summed E-state index contributed by atoms with van der Waals surface area (Å²) in [6.07, 6.45) is 0.176. The monoisotopic (exact) mass is 501 g/mol. The summed E-state index contributed by atoms with van der Waals surface area (Å²) in [6, 6.07) is 13.2. The number of anilines is 1. The fourth-order valence-electron chi connectivity index (χ4n) is 3.74. The lowest BCUT2D eigenvalue weighted by Gasteiger charge is -2.28. The highest BCUT2D eigenvalue weighted by Gasteiger charge is 2.41. The fourth-order valence-corrected chi connectivity index (χ4v) is 5.09. The predicted octanol–water partition coefficient (Wildman–Crippen LogP) is 4.34. The molecular weight excluding hydrogens is 466 g/mol. The van der Waals surface area contributed by atoms with Crippen molar-refractivity contribution in [1.82, 2.24) is 10.2 Å². The number of hydrogen-bond acceptors (Lipinski definition) is 7. The first-order chi connectivity index (χ1) is 16.9. The summed E-state index contributed by atoms with van der Waals surface area (Å²) in [5.74, 6) is 1.15. The van der Waals surface area contributed by atoms with Gasteiger partial charge in [0.1, 0.15) is 11.5 Å². The number of nitrogens with zero attached hydrogens (tertiary/aromatic N) is 2. The first kappa shape index (κ1) is 26.7. The standard InChI is InChI=1S/C26H35N3O5S/c1-6-7-14-27-26(31)34-23-24(18-8-10-19(32-4)11-9-18)35-22-17-20(33-5)12-13-21(22)29(25(23)30)16-15-28(2)3/h8-13,17,23-24H,6-7,14-16H2,1-5H3,(H,27,31)/t23-,24+/m0/s1. The van der Waals surface area contributed by atoms with Gasteiger partial charge in [-0.3, -0.25) is 4.79 Å². The zero-order valence-corrected chi connectivity index (χ0v) is 21.9. The van der Waals surface area contributed by atoms with Crippen molar-refractivity contribution in [2.75, 3.05) is 52.8 Å². The molecule has 1 heterocycles. The molecule has 2 atom stereocenters. The van der Waals surface area contributed by atoms with E-state index in [0.29, 0.717) is 31.1 Å². The SMILES string of the molecule is CCCCNC(=O)O[C@@H]1C(=O)N(CCN(C)C)c2ccc(OC)cc2S[C@@H]1c1ccc(OC)cc1. The lowest BCUT2D eigenvalue weighted by Crippen LogP contribution is -2.46. The average Bonchev–Trinajstić information content (AvgIpc) is 2.97. The Morgan fingerprint density at radius 1 is 1.09 bits per heavy atom. The third-order valence-electron chi connectivity index (χ3n) is 5.74. The van der Waals surface area contributed by atoms with Gasteiger partial charge in [0, 0.05) is 24.5 Å². The van der Waals surface area contributed by atoms with Crippen molar-refractivity contribution >= 4 is 29.4 Å². The molecule has 0 bridgehead atoms. The Morgan fingerprint density at radius 3 is 2.40 bits per heavy atom. The third-order valence-corrected chi connectivity index (χ3v) is 7.10. The summed E-state index contributed by atoms with van der Waals surface area (Å²) in [7, 11) is 7.14. The first-order valence-corrected chi connectivity index (χ1v) is 12.6. The van der Waals surface area contributed by atoms with E-state index in [1.165, 1.54) is 11.8 Å². The van der Waals surface area contributed by atoms with Crippen LogP contribution in [0.3, 0.4) is 0 Å². The van der Waals surface area contributed by atoms with E-state index in [1.807, 2.05) is 68.4 Å². The van der Waals surface area contributed by atoms with Gasteiger partial charge in [-0.15, -0.1) is 11.8 Å². The van der Waals surface area contributed by atoms with E-state index in [2.05, 4.69) is 5.32 Å². The Hall–Kier alpha value is -2.91. The van der Waals surface area contributed by atoms with Crippen molar-refractivity contribution < 1.29 is 23.8 Å². The van der Waals surface area contributed by atoms with Crippen LogP contribution < -0.4 is 19.7 Å². The summed E-state index contributed by atoms with van der Waals surface area (Å²) in [6.45, 7) is 3.66. The second-order valence-electron chi connectivity index (χ2n) is 8.54. The summed E-state index contributed by atoms with van der Waals surface area (Å²) in [5, 5.41) is 2.32. The number of likely N-dealkylation sites (N-methyl/N-ethyl adjacent to an activating group) is 1. The molecule has 8 nitrogen and oxygen atoms in total. The van der Waals surface area contributed by atoms with Gasteiger partial charge < -0.3 is 29.3 Å². The molecule has 35 heavy (non-hydrogen) atoms. The molecular formula is C26H35N3O5S. The van der Waals surface area contributed by atoms with Gasteiger partial charge in [0.05, 0.1) is 25.2 Å². The molecule has 3 rings (SSSR count). The summed E-state index contributed by atoms with van der Waals surface area (Å²) in [5.41, 5.74) is 1.64. The molecule has 0 fully saturated rings. The Bertz CT molecular complexity index is 999. The van der Waals surface area contributed by atoms with Gasteiger partial charge in [-0.1, -0.05) is 25.5 Å². The minimum atomic E-state index is -1.02. The van der Waals surface area contributed by atoms with Gasteiger partial charge in [0.15, 0.2) is 6.10 Å². The highest BCUT2D eigenvalue weighted by Crippen LogP contribution is 2.48. The smallest absolute Gasteiger partial charge is 0.407 e. The number of unbranched alkanes of at least 4 members (excludes halogenated alkanes) is 1. The van der Waals surface area contributed by atoms with Crippen LogP contribution in [0.25, 0.3) is 0 Å². The normalized spacial score (nSPS) is 17.5. The number of hydrogen-bond donors (Lipinski definition) is 1. The van der Waals surface area contributed by atoms with Gasteiger partial charge in [-0.05, 0) is 56.4 Å². The number of ether oxygens (including phenoxy) is 3. The van der Waals surface area contributed by atoms with Crippen LogP contribution in [0.15, 0.2) is 47.4 Å². The topological polar surface area (TPSA) is 80.3 Å². The lowest BCUT2D eigenvalue weighted by atomic mass is 10.1. The average molecular weight is 502 g/mol. The first-order valence-electron chi connectivity index (χ1n) is 11.8. The van der Waals surface area contributed by atoms with Crippen LogP contribution in [-0.2, 0) is 9.53 Å². The van der Waals surface area contributed by atoms with Gasteiger partial charge in [0.25, 0.3) is 5.91 Å². The molecule has 2 aromatic carbocycles. The molecule has 0 saturated heterocycles. The lowest BCUT2D eigenvalue weighted by molar-refractivity contribution is -0.126. The van der Waals surface area contributed by atoms with Gasteiger partial charge >= 0.3 is 6.09 Å². The minimum Gasteiger partial charge on any atom is -0.497 e. The summed E-state index contributed by atoms with van der Waals surface area (Å²) >= 11 is 1.49. The Kier molecular flexibility index (Phi) is 9.68. The molecule has 0 radical (unpaired) electrons. The van der Waals surface area contributed by atoms with Crippen LogP contribution in [-0.4, -0.2) is 71.0 Å². The number of rotatable bonds is 10. The number of fused-ring (bicyclic) bond motifs is 1. The molecule has 0 spiro atoms. The molecule has 0 aromatic heterocycles. The number of alkyl carbamates (subject to hydrolysis) is 1. The number of nitrogens with one attached hydrogen (secondary N) is 1. The van der Waals surface area contributed by atoms with Crippen LogP contribution in [0.1, 0.15) is 30.6 Å². The van der Waals surface area contributed by atoms with Gasteiger partial charge in [0.2, 0.25) is 0 Å². The van der Waals surface area contributed by atoms with Gasteiger partial charge in [-0.2, -0.15) is 0 Å². The van der Waals surface area contributed by atoms with Crippen LogP contribution in [0.2, 0.25) is 0 Å². The molecule has 0 aliphatic carbocycles. The van der Waals surface area contributed by atoms with Crippen molar-refractivity contribution in [2.24, 2.45) is 0 Å². The highest BCUT2D eigenvalue weighted by atomic mass is 32.2. The number of methoxy groups -OCH3 is 2. The molecule has 1 aliphatic heterocycles. The van der Waals surface area contributed by atoms with Crippen molar-refractivity contribution in [3.8, 4) is 11.5 Å². The molecule has 1 N–H and O–H groups in total. The maximum absolute atomic E-state index is 14.0. The van der Waals surface area contributed by atoms with E-state index in [9.17, 15) is 9.59 Å². The second-order valence-corrected chi connectivity index (χ2v) is 9.73. The fraction of sp³-hybridized carbons (Fsp3) is 0.462. The molecule has 190 valence electrons. The number of amides is 2. The van der Waals surface area contributed by atoms with Crippen molar-refractivity contribution in [1.29, 1.82) is 0 Å². The number of thioether (sulfide) groups is 1. The van der Waals surface area contributed by atoms with Crippen LogP contribution in [0, 0.1) is 0 Å². The van der Waals surface area contributed by atoms with E-state index in [0.717, 1.165) is 29.0 Å². The zero-order chi connectivity index (χ0) is 25.4. The molecule has 1 aliphatic rings. The highest BCUT2D eigenvalue weighted by molar-refractivity contribution is 7.99. The second kappa shape index (κ2) is 12.7. The van der Waals surface area contributed by atoms with Gasteiger partial charge in [-0.25, -0.2) is 4.79 Å². The summed E-state index contributed by atoms with van der Waals surface area (Å²) < 4.78 is 16.6. The molecule has 0 saturated carbocycles. The molecule has 0 unspecified atom stereocenters. The minimum absolute atomic E-state index is 0.255. The van der Waals surface area contributed by atoms with Crippen molar-refractivity contribution in [2.45, 2.75) is 36.0 Å². The Morgan fingerprint density at radius 2 is 1.77 bits per heavy atom. The van der Waals surface area contributed by atoms with Crippen molar-refractivity contribution in [3.63, 3.8) is 0 Å². The van der Waals surface area contributed by atoms with Crippen LogP contribution >= 0.6 is 11.8 Å². The van der Waals surface area contributed by atoms with Crippen LogP contribution in [0.5, 0.6) is 11.5 Å². The number of benzene rings is 2. The van der Waals surface area contributed by atoms with E-state index in [-0.39, 0.29) is 5.91 Å². The molecule has 9 heteroatoms. The molecule has 2 amide bonds. The van der Waals surface area contributed by atoms with Crippen LogP contribution in [0.4, 0.5) is 10.5 Å². The summed E-state index contributed by atoms with van der Waals surface area (Å²) in [4.78, 5) is 31.3. The molecule has 2 aromatic rings. The number of carbonyl (C=O) groups excluding carboxylic acids is 2.